The predicted molar refractivity (Wildman–Crippen MR) is 31.9 cm³/mol. The summed E-state index contributed by atoms with van der Waals surface area (Å²) in [5.41, 5.74) is 0. The van der Waals surface area contributed by atoms with Gasteiger partial charge in [-0.25, -0.2) is 4.57 Å². The van der Waals surface area contributed by atoms with Gasteiger partial charge in [-0.1, -0.05) is 6.92 Å². The molecule has 0 aromatic carbocycles. The van der Waals surface area contributed by atoms with Crippen LogP contribution in [0.1, 0.15) is 13.3 Å². The van der Waals surface area contributed by atoms with Crippen molar-refractivity contribution >= 4 is 8.69 Å². The van der Waals surface area contributed by atoms with E-state index in [1.54, 1.807) is 0 Å². The van der Waals surface area contributed by atoms with E-state index >= 15 is 0 Å². The number of hydrogen-bond acceptors (Lipinski definition) is 1. The molecule has 2 nitrogen and oxygen atoms in total. The molecule has 0 aliphatic heterocycles. The second-order valence-corrected chi connectivity index (χ2v) is 0.745. The fraction of sp³-hybridized carbons (Fsp3) is 0.500. The molecule has 0 spiro atoms. The molecule has 0 aliphatic rings. The van der Waals surface area contributed by atoms with Crippen LogP contribution in [0.4, 0.5) is 0 Å². The normalized spacial score (nSPS) is 4.88. The van der Waals surface area contributed by atoms with E-state index in [0.29, 0.717) is 0 Å². The van der Waals surface area contributed by atoms with E-state index in [2.05, 4.69) is 6.92 Å². The van der Waals surface area contributed by atoms with Crippen LogP contribution in [0.25, 0.3) is 0 Å². The van der Waals surface area contributed by atoms with Gasteiger partial charge in [0, 0.05) is 0 Å². The van der Waals surface area contributed by atoms with Crippen molar-refractivity contribution in [2.45, 2.75) is 13.3 Å². The molecule has 0 aliphatic carbocycles. The van der Waals surface area contributed by atoms with Crippen molar-refractivity contribution in [1.29, 1.82) is 0 Å². The van der Waals surface area contributed by atoms with Crippen LogP contribution >= 0.6 is 8.69 Å². The van der Waals surface area contributed by atoms with Crippen molar-refractivity contribution in [2.75, 3.05) is 0 Å². The van der Waals surface area contributed by atoms with Crippen molar-refractivity contribution in [1.82, 2.24) is 0 Å². The molecule has 8 heavy (non-hydrogen) atoms. The molecule has 0 atom stereocenters. The molecule has 0 saturated heterocycles. The Bertz CT molecular complexity index is 28.0. The molecule has 0 aromatic heterocycles. The molecule has 0 radical (unpaired) electrons. The molecule has 0 unspecified atom stereocenters. The molecular weight excluding hydrogens is 176 g/mol. The Hall–Kier alpha value is 0.683. The number of hydrogen-bond donors (Lipinski definition) is 1. The molecule has 0 fully saturated rings. The van der Waals surface area contributed by atoms with Gasteiger partial charge >= 0.3 is 28.2 Å². The largest absolute Gasteiger partial charge is 2.00 e. The summed E-state index contributed by atoms with van der Waals surface area (Å²) < 4.78 is 8.46. The van der Waals surface area contributed by atoms with Gasteiger partial charge in [0.15, 0.2) is 0 Å². The van der Waals surface area contributed by atoms with E-state index in [-0.39, 0.29) is 26.9 Å². The van der Waals surface area contributed by atoms with E-state index in [1.807, 2.05) is 6.92 Å². The smallest absolute Gasteiger partial charge is 0.358 e. The molecule has 0 aromatic rings. The number of rotatable bonds is 0. The monoisotopic (exact) mass is 186 g/mol. The maximum absolute atomic E-state index is 8.46. The fourth-order valence-corrected chi connectivity index (χ4v) is 0. The molecule has 0 amide bonds. The van der Waals surface area contributed by atoms with Gasteiger partial charge < -0.3 is 19.2 Å². The van der Waals surface area contributed by atoms with Gasteiger partial charge in [-0.05, 0) is 0 Å². The van der Waals surface area contributed by atoms with E-state index in [4.69, 9.17) is 9.46 Å². The standard InChI is InChI=1S/C3H7.CH3.HO2P.Zn/c1-3-2;;1-3-2;/h1,3H2,2H3;1H3;(H,1,2);/q2*-1;;+2. The third kappa shape index (κ3) is 462. The quantitative estimate of drug-likeness (QED) is 0.357. The van der Waals surface area contributed by atoms with Crippen LogP contribution < -0.4 is 0 Å². The third-order valence-electron chi connectivity index (χ3n) is 0. The Labute approximate surface area is 65.7 Å². The summed E-state index contributed by atoms with van der Waals surface area (Å²) in [5.74, 6) is 0. The zero-order valence-electron chi connectivity index (χ0n) is 5.42. The zero-order chi connectivity index (χ0) is 5.41. The average Bonchev–Trinajstić information content (AvgIpc) is 1.39. The summed E-state index contributed by atoms with van der Waals surface area (Å²) in [6.07, 6.45) is 1.00. The molecule has 0 rings (SSSR count). The maximum Gasteiger partial charge on any atom is 2.00 e. The van der Waals surface area contributed by atoms with Crippen LogP contribution in [0.15, 0.2) is 0 Å². The first-order valence-corrected chi connectivity index (χ1v) is 2.35. The van der Waals surface area contributed by atoms with Crippen molar-refractivity contribution < 1.29 is 28.9 Å². The first-order chi connectivity index (χ1) is 2.83. The van der Waals surface area contributed by atoms with E-state index in [1.165, 1.54) is 0 Å². The van der Waals surface area contributed by atoms with Gasteiger partial charge in [0.05, 0.1) is 0 Å². The SMILES string of the molecule is O=PO.[CH2-]CC.[CH3-].[Zn+2]. The molecule has 46 valence electrons. The Morgan fingerprint density at radius 1 is 1.75 bits per heavy atom. The molecular formula is C4H11O2PZn. The summed E-state index contributed by atoms with van der Waals surface area (Å²) >= 11 is 0. The fourth-order valence-electron chi connectivity index (χ4n) is 0. The van der Waals surface area contributed by atoms with Crippen LogP contribution in [0.2, 0.25) is 0 Å². The first-order valence-electron chi connectivity index (χ1n) is 1.59. The summed E-state index contributed by atoms with van der Waals surface area (Å²) in [7, 11) is -0.833. The summed E-state index contributed by atoms with van der Waals surface area (Å²) in [5, 5.41) is 0. The van der Waals surface area contributed by atoms with Crippen molar-refractivity contribution in [2.24, 2.45) is 0 Å². The van der Waals surface area contributed by atoms with Crippen molar-refractivity contribution in [3.63, 3.8) is 0 Å². The summed E-state index contributed by atoms with van der Waals surface area (Å²) in [6, 6.07) is 0. The first kappa shape index (κ1) is 23.4. The predicted octanol–water partition coefficient (Wildman–Crippen LogP) is 1.86. The molecule has 1 N–H and O–H groups in total. The third-order valence-corrected chi connectivity index (χ3v) is 0. The van der Waals surface area contributed by atoms with Gasteiger partial charge in [0.1, 0.15) is 0 Å². The van der Waals surface area contributed by atoms with Crippen molar-refractivity contribution in [3.8, 4) is 0 Å². The van der Waals surface area contributed by atoms with Crippen LogP contribution in [0.3, 0.4) is 0 Å². The zero-order valence-corrected chi connectivity index (χ0v) is 9.29. The van der Waals surface area contributed by atoms with Gasteiger partial charge in [0.2, 0.25) is 0 Å². The molecule has 0 saturated carbocycles. The van der Waals surface area contributed by atoms with Crippen LogP contribution in [0, 0.1) is 14.4 Å². The minimum atomic E-state index is -0.833. The Morgan fingerprint density at radius 2 is 1.75 bits per heavy atom. The molecule has 0 bridgehead atoms. The molecule has 4 heteroatoms. The van der Waals surface area contributed by atoms with Crippen LogP contribution in [-0.2, 0) is 24.0 Å². The van der Waals surface area contributed by atoms with Gasteiger partial charge in [-0.2, -0.15) is 6.42 Å². The van der Waals surface area contributed by atoms with Crippen LogP contribution in [0.5, 0.6) is 0 Å². The van der Waals surface area contributed by atoms with E-state index in [0.717, 1.165) is 6.42 Å². The maximum atomic E-state index is 8.46. The molecule has 0 heterocycles. The van der Waals surface area contributed by atoms with Crippen molar-refractivity contribution in [3.05, 3.63) is 14.4 Å². The topological polar surface area (TPSA) is 37.3 Å². The van der Waals surface area contributed by atoms with Gasteiger partial charge in [-0.3, -0.25) is 0 Å². The Morgan fingerprint density at radius 3 is 1.75 bits per heavy atom. The second kappa shape index (κ2) is 47.7. The average molecular weight is 187 g/mol. The summed E-state index contributed by atoms with van der Waals surface area (Å²) in [4.78, 5) is 6.99. The summed E-state index contributed by atoms with van der Waals surface area (Å²) in [6.45, 7) is 5.50. The second-order valence-electron chi connectivity index (χ2n) is 0.582. The van der Waals surface area contributed by atoms with E-state index in [9.17, 15) is 0 Å². The van der Waals surface area contributed by atoms with Crippen LogP contribution in [-0.4, -0.2) is 4.89 Å². The Balaban J connectivity index is -0.0000000160. The van der Waals surface area contributed by atoms with Gasteiger partial charge in [-0.15, -0.1) is 0 Å². The van der Waals surface area contributed by atoms with Gasteiger partial charge in [0.25, 0.3) is 0 Å². The Kier molecular flexibility index (Phi) is 139. The minimum Gasteiger partial charge on any atom is -0.358 e. The van der Waals surface area contributed by atoms with E-state index < -0.39 is 8.69 Å². The minimum absolute atomic E-state index is 0.